The molecule has 0 amide bonds. The molecular formula is C38H66O7. The minimum atomic E-state index is -0.974. The molecule has 0 radical (unpaired) electrons. The Hall–Kier alpha value is -1.83. The van der Waals surface area contributed by atoms with E-state index in [1.165, 1.54) is 75.0 Å². The molecule has 0 fully saturated rings. The van der Waals surface area contributed by atoms with Crippen molar-refractivity contribution in [2.45, 2.75) is 145 Å². The van der Waals surface area contributed by atoms with E-state index < -0.39 is 12.1 Å². The zero-order valence-electron chi connectivity index (χ0n) is 30.2. The van der Waals surface area contributed by atoms with Gasteiger partial charge in [-0.05, 0) is 94.7 Å². The Morgan fingerprint density at radius 3 is 1.93 bits per heavy atom. The highest BCUT2D eigenvalue weighted by molar-refractivity contribution is 5.71. The highest BCUT2D eigenvalue weighted by atomic mass is 16.6. The quantitative estimate of drug-likeness (QED) is 0.114. The van der Waals surface area contributed by atoms with Gasteiger partial charge in [-0.15, -0.1) is 0 Å². The number of ether oxygens (including phenoxy) is 5. The largest absolute Gasteiger partial charge is 0.491 e. The van der Waals surface area contributed by atoms with Gasteiger partial charge in [-0.3, -0.25) is 0 Å². The number of hydrogen-bond donors (Lipinski definition) is 1. The summed E-state index contributed by atoms with van der Waals surface area (Å²) >= 11 is 0. The van der Waals surface area contributed by atoms with Gasteiger partial charge in [0, 0.05) is 5.56 Å². The number of benzene rings is 1. The Labute approximate surface area is 275 Å². The Kier molecular flexibility index (Phi) is 17.9. The van der Waals surface area contributed by atoms with Gasteiger partial charge in [-0.1, -0.05) is 72.6 Å². The predicted molar refractivity (Wildman–Crippen MR) is 183 cm³/mol. The first kappa shape index (κ1) is 39.3. The summed E-state index contributed by atoms with van der Waals surface area (Å²) in [6.07, 6.45) is 13.1. The van der Waals surface area contributed by atoms with E-state index >= 15 is 0 Å². The highest BCUT2D eigenvalue weighted by Crippen LogP contribution is 2.45. The Bertz CT molecular complexity index is 1010. The lowest BCUT2D eigenvalue weighted by atomic mass is 9.83. The second kappa shape index (κ2) is 20.4. The minimum absolute atomic E-state index is 0.111. The molecule has 0 spiro atoms. The third-order valence-corrected chi connectivity index (χ3v) is 9.63. The number of fused-ring (bicyclic) bond motifs is 1. The summed E-state index contributed by atoms with van der Waals surface area (Å²) in [7, 11) is 0. The van der Waals surface area contributed by atoms with E-state index in [9.17, 15) is 4.79 Å². The van der Waals surface area contributed by atoms with Crippen LogP contribution >= 0.6 is 0 Å². The summed E-state index contributed by atoms with van der Waals surface area (Å²) in [6, 6.07) is 0. The molecule has 1 N–H and O–H groups in total. The van der Waals surface area contributed by atoms with Crippen LogP contribution in [0.15, 0.2) is 0 Å². The highest BCUT2D eigenvalue weighted by Gasteiger charge is 2.34. The summed E-state index contributed by atoms with van der Waals surface area (Å²) in [4.78, 5) is 10.7. The van der Waals surface area contributed by atoms with Crippen LogP contribution in [0.4, 0.5) is 0 Å². The molecule has 0 aliphatic carbocycles. The molecule has 260 valence electrons. The zero-order chi connectivity index (χ0) is 33.4. The topological polar surface area (TPSA) is 83.5 Å². The van der Waals surface area contributed by atoms with Crippen molar-refractivity contribution >= 4 is 5.97 Å². The second-order valence-corrected chi connectivity index (χ2v) is 14.3. The van der Waals surface area contributed by atoms with Crippen molar-refractivity contribution in [2.75, 3.05) is 39.6 Å². The maximum atomic E-state index is 10.7. The van der Waals surface area contributed by atoms with E-state index in [4.69, 9.17) is 28.8 Å². The molecule has 7 nitrogen and oxygen atoms in total. The fourth-order valence-electron chi connectivity index (χ4n) is 6.36. The van der Waals surface area contributed by atoms with E-state index in [1.54, 1.807) is 0 Å². The lowest BCUT2D eigenvalue weighted by molar-refractivity contribution is -0.150. The maximum Gasteiger partial charge on any atom is 0.332 e. The first-order chi connectivity index (χ1) is 21.3. The predicted octanol–water partition coefficient (Wildman–Crippen LogP) is 9.04. The number of carbonyl (C=O) groups is 1. The first-order valence-corrected chi connectivity index (χ1v) is 17.8. The van der Waals surface area contributed by atoms with E-state index in [-0.39, 0.29) is 12.2 Å². The summed E-state index contributed by atoms with van der Waals surface area (Å²) in [6.45, 7) is 22.2. The van der Waals surface area contributed by atoms with Crippen LogP contribution in [0.25, 0.3) is 0 Å². The van der Waals surface area contributed by atoms with E-state index in [2.05, 4.69) is 55.4 Å². The molecule has 1 aliphatic heterocycles. The number of aliphatic carboxylic acids is 1. The monoisotopic (exact) mass is 634 g/mol. The lowest BCUT2D eigenvalue weighted by Gasteiger charge is -2.38. The van der Waals surface area contributed by atoms with Crippen molar-refractivity contribution in [3.05, 3.63) is 22.3 Å². The van der Waals surface area contributed by atoms with Gasteiger partial charge in [-0.2, -0.15) is 0 Å². The van der Waals surface area contributed by atoms with Crippen molar-refractivity contribution in [2.24, 2.45) is 17.8 Å². The average molecular weight is 635 g/mol. The number of hydrogen-bond acceptors (Lipinski definition) is 6. The molecule has 4 atom stereocenters. The zero-order valence-corrected chi connectivity index (χ0v) is 30.2. The normalized spacial score (nSPS) is 18.4. The minimum Gasteiger partial charge on any atom is -0.491 e. The first-order valence-electron chi connectivity index (χ1n) is 17.8. The Morgan fingerprint density at radius 2 is 1.33 bits per heavy atom. The molecule has 1 aliphatic rings. The third kappa shape index (κ3) is 14.2. The fourth-order valence-corrected chi connectivity index (χ4v) is 6.36. The van der Waals surface area contributed by atoms with Gasteiger partial charge < -0.3 is 28.8 Å². The van der Waals surface area contributed by atoms with E-state index in [0.717, 1.165) is 54.1 Å². The van der Waals surface area contributed by atoms with Crippen LogP contribution in [0, 0.1) is 38.5 Å². The molecule has 1 heterocycles. The summed E-state index contributed by atoms with van der Waals surface area (Å²) in [5.41, 5.74) is 4.68. The molecule has 0 saturated heterocycles. The SMILES string of the molecule is Cc1c(C)c2c(c(C)c1OCCOCCOCCOC(C)C(=O)O)CC[C@@](C)(CCC[C@H](C)CCC[C@H](C)CCCC(C)C)O2. The smallest absolute Gasteiger partial charge is 0.332 e. The van der Waals surface area contributed by atoms with Gasteiger partial charge in [0.1, 0.15) is 23.7 Å². The van der Waals surface area contributed by atoms with E-state index in [0.29, 0.717) is 33.0 Å². The average Bonchev–Trinajstić information content (AvgIpc) is 2.97. The molecule has 0 aromatic heterocycles. The molecule has 1 unspecified atom stereocenters. The molecule has 0 bridgehead atoms. The van der Waals surface area contributed by atoms with Crippen molar-refractivity contribution in [1.82, 2.24) is 0 Å². The van der Waals surface area contributed by atoms with Crippen molar-refractivity contribution in [3.8, 4) is 11.5 Å². The van der Waals surface area contributed by atoms with Gasteiger partial charge >= 0.3 is 5.97 Å². The Balaban J connectivity index is 1.72. The van der Waals surface area contributed by atoms with Crippen LogP contribution in [0.2, 0.25) is 0 Å². The molecule has 7 heteroatoms. The van der Waals surface area contributed by atoms with Crippen LogP contribution in [0.1, 0.15) is 128 Å². The van der Waals surface area contributed by atoms with Crippen LogP contribution in [0.3, 0.4) is 0 Å². The lowest BCUT2D eigenvalue weighted by Crippen LogP contribution is -2.37. The molecular weight excluding hydrogens is 568 g/mol. The molecule has 45 heavy (non-hydrogen) atoms. The van der Waals surface area contributed by atoms with Gasteiger partial charge in [0.15, 0.2) is 6.10 Å². The van der Waals surface area contributed by atoms with Crippen molar-refractivity contribution < 1.29 is 33.6 Å². The van der Waals surface area contributed by atoms with Gasteiger partial charge in [0.25, 0.3) is 0 Å². The van der Waals surface area contributed by atoms with Crippen molar-refractivity contribution in [3.63, 3.8) is 0 Å². The van der Waals surface area contributed by atoms with E-state index in [1.807, 2.05) is 0 Å². The van der Waals surface area contributed by atoms with Gasteiger partial charge in [0.2, 0.25) is 0 Å². The van der Waals surface area contributed by atoms with Crippen LogP contribution < -0.4 is 9.47 Å². The van der Waals surface area contributed by atoms with Gasteiger partial charge in [-0.25, -0.2) is 4.79 Å². The Morgan fingerprint density at radius 1 is 0.778 bits per heavy atom. The maximum absolute atomic E-state index is 10.7. The van der Waals surface area contributed by atoms with Crippen LogP contribution in [0.5, 0.6) is 11.5 Å². The summed E-state index contributed by atoms with van der Waals surface area (Å²) < 4.78 is 29.3. The second-order valence-electron chi connectivity index (χ2n) is 14.3. The molecule has 1 aromatic rings. The number of carboxylic acid groups (broad SMARTS) is 1. The van der Waals surface area contributed by atoms with Crippen molar-refractivity contribution in [1.29, 1.82) is 0 Å². The molecule has 2 rings (SSSR count). The molecule has 1 aromatic carbocycles. The standard InChI is InChI=1S/C38H66O7/c1-27(2)13-10-14-28(3)15-11-16-29(4)17-12-19-38(9)20-18-34-32(7)35(30(5)31(6)36(34)45-38)44-26-24-42-22-21-41-23-25-43-33(8)37(39)40/h27-29,33H,10-26H2,1-9H3,(H,39,40)/t28-,29-,33?,38-/m1/s1. The summed E-state index contributed by atoms with van der Waals surface area (Å²) in [5, 5.41) is 8.81. The van der Waals surface area contributed by atoms with Crippen LogP contribution in [-0.2, 0) is 25.4 Å². The number of carboxylic acids is 1. The van der Waals surface area contributed by atoms with Gasteiger partial charge in [0.05, 0.1) is 33.0 Å². The number of rotatable bonds is 24. The third-order valence-electron chi connectivity index (χ3n) is 9.63. The van der Waals surface area contributed by atoms with Crippen LogP contribution in [-0.4, -0.2) is 62.4 Å². The molecule has 0 saturated carbocycles. The summed E-state index contributed by atoms with van der Waals surface area (Å²) in [5.74, 6) is 3.52. The fraction of sp³-hybridized carbons (Fsp3) is 0.816.